The highest BCUT2D eigenvalue weighted by atomic mass is 32.1. The molecule has 0 fully saturated rings. The predicted molar refractivity (Wildman–Crippen MR) is 185 cm³/mol. The van der Waals surface area contributed by atoms with Crippen LogP contribution in [0.15, 0.2) is 5.38 Å². The summed E-state index contributed by atoms with van der Waals surface area (Å²) in [6.07, 6.45) is -1.20. The number of hydrazine groups is 2. The van der Waals surface area contributed by atoms with Gasteiger partial charge in [0.1, 0.15) is 11.6 Å². The standard InChI is InChI=1S/C33H59N7O7S/c1-19(2)15-24(25(41)16-21(5)29(43)36-28(20(3)4)31(45)37-39(11)12)35-26(42)13-14-40(32(46)47-33(8,9)10)38-30(44)22(6)17-27-34-23(7)18-48-27/h18-22,24-25,28,41H,13-17H2,1-12H3,(H,35,42)(H,36,43)(H,37,45)(H,38,44). The van der Waals surface area contributed by atoms with Gasteiger partial charge < -0.3 is 20.5 Å². The number of nitrogens with one attached hydrogen (secondary N) is 4. The molecule has 1 aromatic heterocycles. The van der Waals surface area contributed by atoms with Crippen molar-refractivity contribution < 1.29 is 33.8 Å². The first-order chi connectivity index (χ1) is 22.1. The van der Waals surface area contributed by atoms with Crippen molar-refractivity contribution >= 4 is 41.1 Å². The van der Waals surface area contributed by atoms with Crippen LogP contribution in [0.5, 0.6) is 0 Å². The third kappa shape index (κ3) is 16.2. The molecule has 0 aliphatic carbocycles. The second-order valence-electron chi connectivity index (χ2n) is 14.5. The molecule has 15 heteroatoms. The molecule has 0 saturated heterocycles. The molecule has 1 aromatic rings. The number of aliphatic hydroxyl groups is 1. The summed E-state index contributed by atoms with van der Waals surface area (Å²) < 4.78 is 5.47. The summed E-state index contributed by atoms with van der Waals surface area (Å²) in [7, 11) is 3.36. The minimum absolute atomic E-state index is 0.0419. The average Bonchev–Trinajstić information content (AvgIpc) is 3.35. The number of aryl methyl sites for hydroxylation is 1. The Morgan fingerprint density at radius 1 is 0.917 bits per heavy atom. The first kappa shape index (κ1) is 42.7. The van der Waals surface area contributed by atoms with Crippen LogP contribution < -0.4 is 21.5 Å². The molecule has 0 bridgehead atoms. The Hall–Kier alpha value is -3.30. The van der Waals surface area contributed by atoms with E-state index in [1.807, 2.05) is 40.0 Å². The molecule has 0 aromatic carbocycles. The largest absolute Gasteiger partial charge is 0.442 e. The SMILES string of the molecule is Cc1csc(CC(C)C(=O)NN(CCC(=O)NC(CC(C)C)C(O)CC(C)C(=O)NC(C(=O)NN(C)C)C(C)C)C(=O)OC(C)(C)C)n1. The monoisotopic (exact) mass is 697 g/mol. The molecule has 5 unspecified atom stereocenters. The van der Waals surface area contributed by atoms with Crippen LogP contribution in [0.2, 0.25) is 0 Å². The summed E-state index contributed by atoms with van der Waals surface area (Å²) in [5.74, 6) is -2.84. The lowest BCUT2D eigenvalue weighted by Gasteiger charge is -2.30. The van der Waals surface area contributed by atoms with Gasteiger partial charge in [0, 0.05) is 49.8 Å². The minimum atomic E-state index is -1.07. The van der Waals surface area contributed by atoms with Gasteiger partial charge >= 0.3 is 6.09 Å². The third-order valence-electron chi connectivity index (χ3n) is 7.18. The van der Waals surface area contributed by atoms with Crippen LogP contribution in [0, 0.1) is 30.6 Å². The van der Waals surface area contributed by atoms with Crippen molar-refractivity contribution in [2.75, 3.05) is 20.6 Å². The lowest BCUT2D eigenvalue weighted by Crippen LogP contribution is -2.54. The summed E-state index contributed by atoms with van der Waals surface area (Å²) in [6, 6.07) is -1.45. The normalized spacial score (nSPS) is 14.9. The number of hydrogen-bond acceptors (Lipinski definition) is 10. The van der Waals surface area contributed by atoms with E-state index in [2.05, 4.69) is 26.5 Å². The summed E-state index contributed by atoms with van der Waals surface area (Å²) in [5, 5.41) is 22.0. The van der Waals surface area contributed by atoms with Gasteiger partial charge in [-0.25, -0.2) is 19.8 Å². The minimum Gasteiger partial charge on any atom is -0.442 e. The lowest BCUT2D eigenvalue weighted by atomic mass is 9.92. The molecular formula is C33H59N7O7S. The number of nitrogens with zero attached hydrogens (tertiary/aromatic N) is 3. The molecule has 1 heterocycles. The Morgan fingerprint density at radius 2 is 1.54 bits per heavy atom. The molecule has 0 saturated carbocycles. The molecular weight excluding hydrogens is 638 g/mol. The number of carbonyl (C=O) groups is 5. The lowest BCUT2D eigenvalue weighted by molar-refractivity contribution is -0.134. The number of rotatable bonds is 17. The van der Waals surface area contributed by atoms with Gasteiger partial charge in [0.15, 0.2) is 0 Å². The molecule has 14 nitrogen and oxygen atoms in total. The van der Waals surface area contributed by atoms with Crippen LogP contribution in [-0.4, -0.2) is 94.3 Å². The van der Waals surface area contributed by atoms with E-state index in [1.54, 1.807) is 48.7 Å². The summed E-state index contributed by atoms with van der Waals surface area (Å²) in [6.45, 7) is 17.7. The van der Waals surface area contributed by atoms with Gasteiger partial charge in [-0.3, -0.25) is 30.0 Å². The Kier molecular flexibility index (Phi) is 17.5. The molecule has 5 N–H and O–H groups in total. The highest BCUT2D eigenvalue weighted by Crippen LogP contribution is 2.18. The van der Waals surface area contributed by atoms with Crippen LogP contribution in [0.1, 0.15) is 92.3 Å². The molecule has 274 valence electrons. The van der Waals surface area contributed by atoms with Crippen molar-refractivity contribution in [3.63, 3.8) is 0 Å². The van der Waals surface area contributed by atoms with Gasteiger partial charge in [-0.1, -0.05) is 41.5 Å². The van der Waals surface area contributed by atoms with Crippen LogP contribution >= 0.6 is 11.3 Å². The van der Waals surface area contributed by atoms with Crippen LogP contribution in [-0.2, 0) is 30.3 Å². The number of hydrogen-bond donors (Lipinski definition) is 5. The Bertz CT molecular complexity index is 1220. The van der Waals surface area contributed by atoms with E-state index in [9.17, 15) is 29.1 Å². The molecule has 5 atom stereocenters. The number of amides is 5. The van der Waals surface area contributed by atoms with E-state index in [0.717, 1.165) is 15.7 Å². The molecule has 0 aliphatic heterocycles. The van der Waals surface area contributed by atoms with Crippen LogP contribution in [0.4, 0.5) is 4.79 Å². The van der Waals surface area contributed by atoms with Crippen molar-refractivity contribution in [1.29, 1.82) is 0 Å². The Labute approximate surface area is 290 Å². The molecule has 1 rings (SSSR count). The van der Waals surface area contributed by atoms with E-state index in [4.69, 9.17) is 4.74 Å². The van der Waals surface area contributed by atoms with Crippen molar-refractivity contribution in [2.45, 2.75) is 119 Å². The topological polar surface area (TPSA) is 182 Å². The highest BCUT2D eigenvalue weighted by molar-refractivity contribution is 7.09. The van der Waals surface area contributed by atoms with Crippen molar-refractivity contribution in [1.82, 2.24) is 36.5 Å². The number of aliphatic hydroxyl groups excluding tert-OH is 1. The third-order valence-corrected chi connectivity index (χ3v) is 8.16. The smallest absolute Gasteiger partial charge is 0.429 e. The van der Waals surface area contributed by atoms with Crippen molar-refractivity contribution in [3.8, 4) is 0 Å². The van der Waals surface area contributed by atoms with E-state index in [0.29, 0.717) is 12.8 Å². The maximum Gasteiger partial charge on any atom is 0.429 e. The fourth-order valence-electron chi connectivity index (χ4n) is 4.67. The van der Waals surface area contributed by atoms with Gasteiger partial charge in [-0.15, -0.1) is 11.3 Å². The first-order valence-corrected chi connectivity index (χ1v) is 17.4. The van der Waals surface area contributed by atoms with E-state index in [-0.39, 0.29) is 43.0 Å². The average molecular weight is 698 g/mol. The van der Waals surface area contributed by atoms with E-state index < -0.39 is 53.5 Å². The van der Waals surface area contributed by atoms with Gasteiger partial charge in [0.25, 0.3) is 5.91 Å². The van der Waals surface area contributed by atoms with E-state index in [1.165, 1.54) is 16.3 Å². The Morgan fingerprint density at radius 3 is 2.04 bits per heavy atom. The number of carbonyl (C=O) groups excluding carboxylic acids is 5. The number of ether oxygens (including phenoxy) is 1. The molecule has 0 spiro atoms. The quantitative estimate of drug-likeness (QED) is 0.153. The van der Waals surface area contributed by atoms with E-state index >= 15 is 0 Å². The van der Waals surface area contributed by atoms with Gasteiger partial charge in [0.05, 0.1) is 23.7 Å². The fraction of sp³-hybridized carbons (Fsp3) is 0.758. The predicted octanol–water partition coefficient (Wildman–Crippen LogP) is 2.94. The zero-order valence-corrected chi connectivity index (χ0v) is 31.6. The van der Waals surface area contributed by atoms with Crippen molar-refractivity contribution in [3.05, 3.63) is 16.1 Å². The summed E-state index contributed by atoms with van der Waals surface area (Å²) >= 11 is 1.46. The van der Waals surface area contributed by atoms with Gasteiger partial charge in [-0.2, -0.15) is 0 Å². The molecule has 48 heavy (non-hydrogen) atoms. The van der Waals surface area contributed by atoms with Gasteiger partial charge in [-0.05, 0) is 52.4 Å². The second-order valence-corrected chi connectivity index (χ2v) is 15.4. The number of thiazole rings is 1. The van der Waals surface area contributed by atoms with Gasteiger partial charge in [0.2, 0.25) is 17.7 Å². The summed E-state index contributed by atoms with van der Waals surface area (Å²) in [4.78, 5) is 69.2. The van der Waals surface area contributed by atoms with Crippen molar-refractivity contribution in [2.24, 2.45) is 23.7 Å². The zero-order valence-electron chi connectivity index (χ0n) is 30.8. The second kappa shape index (κ2) is 19.6. The zero-order chi connectivity index (χ0) is 36.9. The summed E-state index contributed by atoms with van der Waals surface area (Å²) in [5.41, 5.74) is 5.29. The molecule has 5 amide bonds. The Balaban J connectivity index is 2.93. The maximum absolute atomic E-state index is 13.2. The number of aromatic nitrogens is 1. The first-order valence-electron chi connectivity index (χ1n) is 16.6. The fourth-order valence-corrected chi connectivity index (χ4v) is 5.57. The van der Waals surface area contributed by atoms with Crippen LogP contribution in [0.25, 0.3) is 0 Å². The van der Waals surface area contributed by atoms with Crippen LogP contribution in [0.3, 0.4) is 0 Å². The molecule has 0 aliphatic rings. The highest BCUT2D eigenvalue weighted by Gasteiger charge is 2.31. The maximum atomic E-state index is 13.2. The molecule has 0 radical (unpaired) electrons.